The highest BCUT2D eigenvalue weighted by Gasteiger charge is 2.14. The van der Waals surface area contributed by atoms with Crippen molar-refractivity contribution in [1.82, 2.24) is 0 Å². The topological polar surface area (TPSA) is 35.5 Å². The number of methoxy groups -OCH3 is 2. The molecule has 0 unspecified atom stereocenters. The van der Waals surface area contributed by atoms with Crippen LogP contribution < -0.4 is 4.74 Å². The maximum Gasteiger partial charge on any atom is 0.339 e. The van der Waals surface area contributed by atoms with Crippen LogP contribution in [0.25, 0.3) is 0 Å². The van der Waals surface area contributed by atoms with E-state index in [9.17, 15) is 4.79 Å². The van der Waals surface area contributed by atoms with Gasteiger partial charge in [-0.2, -0.15) is 0 Å². The standard InChI is InChI=1S/C10H10Br2O3/c1-14-9-4-8(12)7(10(13)15-2)3-6(9)5-11/h3-4H,5H2,1-2H3. The Balaban J connectivity index is 3.25. The van der Waals surface area contributed by atoms with Gasteiger partial charge in [0.05, 0.1) is 19.8 Å². The normalized spacial score (nSPS) is 9.87. The SMILES string of the molecule is COC(=O)c1cc(CBr)c(OC)cc1Br. The summed E-state index contributed by atoms with van der Waals surface area (Å²) in [6.45, 7) is 0. The maximum absolute atomic E-state index is 11.4. The second-order valence-corrected chi connectivity index (χ2v) is 4.18. The van der Waals surface area contributed by atoms with Gasteiger partial charge in [-0.15, -0.1) is 0 Å². The van der Waals surface area contributed by atoms with Crippen molar-refractivity contribution in [3.8, 4) is 5.75 Å². The van der Waals surface area contributed by atoms with Crippen LogP contribution in [0.2, 0.25) is 0 Å². The second kappa shape index (κ2) is 5.51. The zero-order valence-corrected chi connectivity index (χ0v) is 11.5. The molecule has 5 heteroatoms. The molecule has 15 heavy (non-hydrogen) atoms. The number of hydrogen-bond acceptors (Lipinski definition) is 3. The van der Waals surface area contributed by atoms with Gasteiger partial charge in [0.1, 0.15) is 5.75 Å². The van der Waals surface area contributed by atoms with Crippen molar-refractivity contribution >= 4 is 37.8 Å². The fourth-order valence-corrected chi connectivity index (χ4v) is 2.08. The van der Waals surface area contributed by atoms with Crippen LogP contribution in [-0.2, 0) is 10.1 Å². The summed E-state index contributed by atoms with van der Waals surface area (Å²) in [4.78, 5) is 11.4. The molecule has 82 valence electrons. The van der Waals surface area contributed by atoms with Crippen molar-refractivity contribution in [1.29, 1.82) is 0 Å². The number of benzene rings is 1. The lowest BCUT2D eigenvalue weighted by Gasteiger charge is -2.09. The second-order valence-electron chi connectivity index (χ2n) is 2.77. The van der Waals surface area contributed by atoms with Crippen LogP contribution in [-0.4, -0.2) is 20.2 Å². The minimum absolute atomic E-state index is 0.369. The first-order chi connectivity index (χ1) is 7.13. The van der Waals surface area contributed by atoms with Crippen LogP contribution in [0.15, 0.2) is 16.6 Å². The van der Waals surface area contributed by atoms with Crippen molar-refractivity contribution in [3.63, 3.8) is 0 Å². The monoisotopic (exact) mass is 336 g/mol. The van der Waals surface area contributed by atoms with Crippen LogP contribution in [0.5, 0.6) is 5.75 Å². The smallest absolute Gasteiger partial charge is 0.339 e. The lowest BCUT2D eigenvalue weighted by Crippen LogP contribution is -2.04. The first kappa shape index (κ1) is 12.5. The third-order valence-electron chi connectivity index (χ3n) is 1.92. The van der Waals surface area contributed by atoms with Crippen LogP contribution in [0.1, 0.15) is 15.9 Å². The summed E-state index contributed by atoms with van der Waals surface area (Å²) in [5.74, 6) is 0.359. The van der Waals surface area contributed by atoms with E-state index >= 15 is 0 Å². The molecule has 0 radical (unpaired) electrons. The van der Waals surface area contributed by atoms with Gasteiger partial charge in [-0.3, -0.25) is 0 Å². The van der Waals surface area contributed by atoms with E-state index in [1.54, 1.807) is 19.2 Å². The molecular weight excluding hydrogens is 328 g/mol. The molecule has 0 spiro atoms. The van der Waals surface area contributed by atoms with Gasteiger partial charge in [0, 0.05) is 15.4 Å². The molecule has 0 amide bonds. The van der Waals surface area contributed by atoms with Gasteiger partial charge in [0.15, 0.2) is 0 Å². The zero-order chi connectivity index (χ0) is 11.4. The molecule has 0 aliphatic rings. The molecular formula is C10H10Br2O3. The van der Waals surface area contributed by atoms with E-state index in [0.717, 1.165) is 11.3 Å². The molecule has 1 aromatic carbocycles. The van der Waals surface area contributed by atoms with Gasteiger partial charge in [0.25, 0.3) is 0 Å². The zero-order valence-electron chi connectivity index (χ0n) is 8.34. The number of alkyl halides is 1. The summed E-state index contributed by atoms with van der Waals surface area (Å²) in [6, 6.07) is 3.49. The number of rotatable bonds is 3. The van der Waals surface area contributed by atoms with Crippen LogP contribution >= 0.6 is 31.9 Å². The Morgan fingerprint density at radius 3 is 2.53 bits per heavy atom. The lowest BCUT2D eigenvalue weighted by atomic mass is 10.1. The van der Waals surface area contributed by atoms with E-state index in [2.05, 4.69) is 36.6 Å². The van der Waals surface area contributed by atoms with E-state index in [1.807, 2.05) is 0 Å². The Morgan fingerprint density at radius 1 is 1.40 bits per heavy atom. The number of carbonyl (C=O) groups is 1. The van der Waals surface area contributed by atoms with E-state index in [4.69, 9.17) is 4.74 Å². The highest BCUT2D eigenvalue weighted by atomic mass is 79.9. The molecule has 0 heterocycles. The van der Waals surface area contributed by atoms with E-state index < -0.39 is 0 Å². The Hall–Kier alpha value is -0.550. The predicted octanol–water partition coefficient (Wildman–Crippen LogP) is 3.14. The van der Waals surface area contributed by atoms with Crippen molar-refractivity contribution < 1.29 is 14.3 Å². The summed E-state index contributed by atoms with van der Waals surface area (Å²) in [7, 11) is 2.94. The number of hydrogen-bond donors (Lipinski definition) is 0. The molecule has 3 nitrogen and oxygen atoms in total. The van der Waals surface area contributed by atoms with Gasteiger partial charge >= 0.3 is 5.97 Å². The molecule has 0 N–H and O–H groups in total. The number of halogens is 2. The van der Waals surface area contributed by atoms with Crippen molar-refractivity contribution in [3.05, 3.63) is 27.7 Å². The minimum atomic E-state index is -0.369. The quantitative estimate of drug-likeness (QED) is 0.628. The van der Waals surface area contributed by atoms with Gasteiger partial charge in [-0.05, 0) is 28.1 Å². The van der Waals surface area contributed by atoms with Crippen molar-refractivity contribution in [2.24, 2.45) is 0 Å². The van der Waals surface area contributed by atoms with Crippen LogP contribution in [0.3, 0.4) is 0 Å². The van der Waals surface area contributed by atoms with Crippen molar-refractivity contribution in [2.45, 2.75) is 5.33 Å². The fraction of sp³-hybridized carbons (Fsp3) is 0.300. The fourth-order valence-electron chi connectivity index (χ4n) is 1.16. The molecule has 0 atom stereocenters. The Morgan fingerprint density at radius 2 is 2.07 bits per heavy atom. The van der Waals surface area contributed by atoms with Crippen molar-refractivity contribution in [2.75, 3.05) is 14.2 Å². The predicted molar refractivity (Wildman–Crippen MR) is 64.7 cm³/mol. The van der Waals surface area contributed by atoms with Crippen LogP contribution in [0.4, 0.5) is 0 Å². The van der Waals surface area contributed by atoms with Gasteiger partial charge in [-0.1, -0.05) is 15.9 Å². The number of esters is 1. The summed E-state index contributed by atoms with van der Waals surface area (Å²) in [6.07, 6.45) is 0. The Bertz CT molecular complexity index is 377. The Kier molecular flexibility index (Phi) is 4.60. The highest BCUT2D eigenvalue weighted by Crippen LogP contribution is 2.29. The summed E-state index contributed by atoms with van der Waals surface area (Å²) in [5, 5.41) is 0.618. The van der Waals surface area contributed by atoms with E-state index in [-0.39, 0.29) is 5.97 Å². The highest BCUT2D eigenvalue weighted by molar-refractivity contribution is 9.10. The molecule has 0 fully saturated rings. The Labute approximate surface area is 105 Å². The maximum atomic E-state index is 11.4. The summed E-state index contributed by atoms with van der Waals surface area (Å²) >= 11 is 6.63. The molecule has 1 rings (SSSR count). The molecule has 0 aliphatic carbocycles. The van der Waals surface area contributed by atoms with Gasteiger partial charge in [0.2, 0.25) is 0 Å². The molecule has 0 aromatic heterocycles. The van der Waals surface area contributed by atoms with E-state index in [0.29, 0.717) is 15.4 Å². The van der Waals surface area contributed by atoms with Gasteiger partial charge < -0.3 is 9.47 Å². The average Bonchev–Trinajstić information content (AvgIpc) is 2.27. The average molecular weight is 338 g/mol. The summed E-state index contributed by atoms with van der Waals surface area (Å²) in [5.41, 5.74) is 1.40. The first-order valence-corrected chi connectivity index (χ1v) is 6.06. The molecule has 0 aliphatic heterocycles. The van der Waals surface area contributed by atoms with Crippen LogP contribution in [0, 0.1) is 0 Å². The summed E-state index contributed by atoms with van der Waals surface area (Å²) < 4.78 is 10.5. The lowest BCUT2D eigenvalue weighted by molar-refractivity contribution is 0.0599. The van der Waals surface area contributed by atoms with E-state index in [1.165, 1.54) is 7.11 Å². The minimum Gasteiger partial charge on any atom is -0.496 e. The third kappa shape index (κ3) is 2.72. The van der Waals surface area contributed by atoms with Gasteiger partial charge in [-0.25, -0.2) is 4.79 Å². The molecule has 0 saturated carbocycles. The third-order valence-corrected chi connectivity index (χ3v) is 3.18. The first-order valence-electron chi connectivity index (χ1n) is 4.14. The molecule has 0 bridgehead atoms. The largest absolute Gasteiger partial charge is 0.496 e. The molecule has 0 saturated heterocycles. The number of carbonyl (C=O) groups excluding carboxylic acids is 1. The molecule has 1 aromatic rings. The number of ether oxygens (including phenoxy) is 2.